The van der Waals surface area contributed by atoms with E-state index in [9.17, 15) is 14.4 Å². The first-order valence-electron chi connectivity index (χ1n) is 6.71. The average molecular weight is 295 g/mol. The van der Waals surface area contributed by atoms with Crippen molar-refractivity contribution in [3.05, 3.63) is 17.5 Å². The molecule has 1 fully saturated rings. The molecule has 0 unspecified atom stereocenters. The summed E-state index contributed by atoms with van der Waals surface area (Å²) in [5.74, 6) is -1.20. The number of piperazine rings is 1. The molecular formula is C13H17N3O5. The molecule has 2 rings (SSSR count). The Hall–Kier alpha value is -2.38. The summed E-state index contributed by atoms with van der Waals surface area (Å²) in [6.45, 7) is 4.78. The molecule has 0 bridgehead atoms. The lowest BCUT2D eigenvalue weighted by molar-refractivity contribution is -0.160. The van der Waals surface area contributed by atoms with Gasteiger partial charge in [-0.05, 0) is 13.8 Å². The summed E-state index contributed by atoms with van der Waals surface area (Å²) < 4.78 is 9.54. The monoisotopic (exact) mass is 295 g/mol. The third kappa shape index (κ3) is 3.39. The van der Waals surface area contributed by atoms with E-state index < -0.39 is 11.9 Å². The first-order chi connectivity index (χ1) is 10.0. The van der Waals surface area contributed by atoms with Crippen LogP contribution < -0.4 is 0 Å². The molecule has 1 aliphatic heterocycles. The molecule has 114 valence electrons. The fraction of sp³-hybridized carbons (Fsp3) is 0.538. The van der Waals surface area contributed by atoms with Crippen molar-refractivity contribution >= 4 is 17.8 Å². The number of hydrogen-bond acceptors (Lipinski definition) is 6. The van der Waals surface area contributed by atoms with Crippen molar-refractivity contribution in [1.82, 2.24) is 15.0 Å². The summed E-state index contributed by atoms with van der Waals surface area (Å²) in [7, 11) is 0. The van der Waals surface area contributed by atoms with Crippen molar-refractivity contribution in [2.75, 3.05) is 32.8 Å². The molecular weight excluding hydrogens is 278 g/mol. The van der Waals surface area contributed by atoms with E-state index in [0.717, 1.165) is 0 Å². The Morgan fingerprint density at radius 2 is 1.86 bits per heavy atom. The van der Waals surface area contributed by atoms with Gasteiger partial charge in [-0.15, -0.1) is 0 Å². The lowest BCUT2D eigenvalue weighted by Gasteiger charge is -2.33. The second-order valence-electron chi connectivity index (χ2n) is 4.63. The van der Waals surface area contributed by atoms with Crippen molar-refractivity contribution < 1.29 is 23.6 Å². The highest BCUT2D eigenvalue weighted by atomic mass is 16.5. The minimum absolute atomic E-state index is 0.161. The van der Waals surface area contributed by atoms with Gasteiger partial charge in [0.05, 0.1) is 6.61 Å². The summed E-state index contributed by atoms with van der Waals surface area (Å²) >= 11 is 0. The Balaban J connectivity index is 1.90. The molecule has 1 aliphatic rings. The molecule has 0 spiro atoms. The zero-order valence-electron chi connectivity index (χ0n) is 12.0. The predicted molar refractivity (Wildman–Crippen MR) is 70.4 cm³/mol. The highest BCUT2D eigenvalue weighted by Gasteiger charge is 2.29. The number of aromatic nitrogens is 1. The normalized spacial score (nSPS) is 15.0. The van der Waals surface area contributed by atoms with Crippen LogP contribution in [0.3, 0.4) is 0 Å². The summed E-state index contributed by atoms with van der Waals surface area (Å²) in [5.41, 5.74) is 0.248. The largest absolute Gasteiger partial charge is 0.459 e. The number of carbonyl (C=O) groups excluding carboxylic acids is 3. The van der Waals surface area contributed by atoms with Gasteiger partial charge >= 0.3 is 11.9 Å². The van der Waals surface area contributed by atoms with Gasteiger partial charge in [-0.2, -0.15) is 0 Å². The first kappa shape index (κ1) is 15.0. The maximum Gasteiger partial charge on any atom is 0.397 e. The fourth-order valence-corrected chi connectivity index (χ4v) is 2.06. The molecule has 0 saturated carbocycles. The smallest absolute Gasteiger partial charge is 0.397 e. The molecule has 0 N–H and O–H groups in total. The predicted octanol–water partition coefficient (Wildman–Crippen LogP) is -0.169. The minimum atomic E-state index is -0.857. The number of hydrogen-bond donors (Lipinski definition) is 0. The van der Waals surface area contributed by atoms with E-state index in [-0.39, 0.29) is 18.2 Å². The third-order valence-electron chi connectivity index (χ3n) is 3.15. The summed E-state index contributed by atoms with van der Waals surface area (Å²) in [6, 6.07) is 1.57. The highest BCUT2D eigenvalue weighted by molar-refractivity contribution is 6.32. The van der Waals surface area contributed by atoms with Crippen LogP contribution in [0.2, 0.25) is 0 Å². The van der Waals surface area contributed by atoms with Crippen LogP contribution in [0.25, 0.3) is 0 Å². The van der Waals surface area contributed by atoms with Crippen LogP contribution >= 0.6 is 0 Å². The molecule has 0 atom stereocenters. The lowest BCUT2D eigenvalue weighted by atomic mass is 10.2. The minimum Gasteiger partial charge on any atom is -0.459 e. The van der Waals surface area contributed by atoms with Crippen molar-refractivity contribution in [1.29, 1.82) is 0 Å². The standard InChI is InChI=1S/C13H17N3O5/c1-3-20-13(19)12(18)16-6-4-15(5-7-16)11(17)10-8-9(2)21-14-10/h8H,3-7H2,1-2H3. The number of carbonyl (C=O) groups is 3. The number of nitrogens with zero attached hydrogens (tertiary/aromatic N) is 3. The highest BCUT2D eigenvalue weighted by Crippen LogP contribution is 2.09. The zero-order valence-corrected chi connectivity index (χ0v) is 12.0. The molecule has 1 saturated heterocycles. The molecule has 0 aliphatic carbocycles. The van der Waals surface area contributed by atoms with Crippen molar-refractivity contribution in [2.24, 2.45) is 0 Å². The van der Waals surface area contributed by atoms with E-state index in [1.807, 2.05) is 0 Å². The second kappa shape index (κ2) is 6.38. The molecule has 1 aromatic rings. The van der Waals surface area contributed by atoms with E-state index in [1.54, 1.807) is 24.8 Å². The number of aryl methyl sites for hydroxylation is 1. The molecule has 0 radical (unpaired) electrons. The Morgan fingerprint density at radius 1 is 1.24 bits per heavy atom. The van der Waals surface area contributed by atoms with Crippen LogP contribution in [0, 0.1) is 6.92 Å². The maximum absolute atomic E-state index is 12.1. The first-order valence-corrected chi connectivity index (χ1v) is 6.71. The molecule has 8 nitrogen and oxygen atoms in total. The number of amides is 2. The molecule has 2 amide bonds. The Kier molecular flexibility index (Phi) is 4.56. The summed E-state index contributed by atoms with van der Waals surface area (Å²) in [4.78, 5) is 38.2. The van der Waals surface area contributed by atoms with Crippen LogP contribution in [0.4, 0.5) is 0 Å². The van der Waals surface area contributed by atoms with Crippen molar-refractivity contribution in [2.45, 2.75) is 13.8 Å². The third-order valence-corrected chi connectivity index (χ3v) is 3.15. The van der Waals surface area contributed by atoms with Gasteiger partial charge in [0, 0.05) is 32.2 Å². The van der Waals surface area contributed by atoms with E-state index in [2.05, 4.69) is 9.89 Å². The summed E-state index contributed by atoms with van der Waals surface area (Å²) in [6.07, 6.45) is 0. The quantitative estimate of drug-likeness (QED) is 0.555. The van der Waals surface area contributed by atoms with E-state index in [1.165, 1.54) is 4.90 Å². The second-order valence-corrected chi connectivity index (χ2v) is 4.63. The van der Waals surface area contributed by atoms with E-state index in [0.29, 0.717) is 31.9 Å². The number of esters is 1. The lowest BCUT2D eigenvalue weighted by Crippen LogP contribution is -2.52. The van der Waals surface area contributed by atoms with E-state index >= 15 is 0 Å². The van der Waals surface area contributed by atoms with E-state index in [4.69, 9.17) is 4.52 Å². The maximum atomic E-state index is 12.1. The van der Waals surface area contributed by atoms with Crippen LogP contribution in [-0.4, -0.2) is 65.5 Å². The van der Waals surface area contributed by atoms with Crippen LogP contribution in [-0.2, 0) is 14.3 Å². The van der Waals surface area contributed by atoms with Crippen LogP contribution in [0.15, 0.2) is 10.6 Å². The van der Waals surface area contributed by atoms with Gasteiger partial charge in [0.15, 0.2) is 5.69 Å². The Labute approximate surface area is 121 Å². The molecule has 21 heavy (non-hydrogen) atoms. The van der Waals surface area contributed by atoms with Gasteiger partial charge in [0.2, 0.25) is 0 Å². The molecule has 0 aromatic carbocycles. The van der Waals surface area contributed by atoms with Gasteiger partial charge in [-0.25, -0.2) is 4.79 Å². The molecule has 2 heterocycles. The number of ether oxygens (including phenoxy) is 1. The zero-order chi connectivity index (χ0) is 15.4. The van der Waals surface area contributed by atoms with Crippen molar-refractivity contribution in [3.8, 4) is 0 Å². The Bertz CT molecular complexity index is 546. The van der Waals surface area contributed by atoms with Gasteiger partial charge in [0.1, 0.15) is 5.76 Å². The SMILES string of the molecule is CCOC(=O)C(=O)N1CCN(C(=O)c2cc(C)on2)CC1. The van der Waals surface area contributed by atoms with Crippen LogP contribution in [0.1, 0.15) is 23.2 Å². The topological polar surface area (TPSA) is 93.0 Å². The van der Waals surface area contributed by atoms with Gasteiger partial charge in [-0.1, -0.05) is 5.16 Å². The van der Waals surface area contributed by atoms with Gasteiger partial charge in [0.25, 0.3) is 5.91 Å². The Morgan fingerprint density at radius 3 is 2.38 bits per heavy atom. The van der Waals surface area contributed by atoms with Crippen molar-refractivity contribution in [3.63, 3.8) is 0 Å². The van der Waals surface area contributed by atoms with Gasteiger partial charge < -0.3 is 19.1 Å². The number of rotatable bonds is 2. The van der Waals surface area contributed by atoms with Gasteiger partial charge in [-0.3, -0.25) is 9.59 Å². The molecule has 8 heteroatoms. The van der Waals surface area contributed by atoms with Crippen LogP contribution in [0.5, 0.6) is 0 Å². The fourth-order valence-electron chi connectivity index (χ4n) is 2.06. The average Bonchev–Trinajstić information content (AvgIpc) is 2.92. The summed E-state index contributed by atoms with van der Waals surface area (Å²) in [5, 5.41) is 3.68. The molecule has 1 aromatic heterocycles.